The third-order valence-electron chi connectivity index (χ3n) is 2.27. The number of allylic oxidation sites excluding steroid dienone is 1. The lowest BCUT2D eigenvalue weighted by Gasteiger charge is -2.09. The molecule has 2 N–H and O–H groups in total. The highest BCUT2D eigenvalue weighted by molar-refractivity contribution is 7.89. The van der Waals surface area contributed by atoms with Crippen molar-refractivity contribution in [1.82, 2.24) is 4.72 Å². The third-order valence-corrected chi connectivity index (χ3v) is 3.71. The largest absolute Gasteiger partial charge is 0.497 e. The minimum atomic E-state index is -3.60. The molecule has 0 spiro atoms. The van der Waals surface area contributed by atoms with Crippen LogP contribution in [0.3, 0.4) is 0 Å². The van der Waals surface area contributed by atoms with Crippen LogP contribution < -0.4 is 9.46 Å². The summed E-state index contributed by atoms with van der Waals surface area (Å²) < 4.78 is 31.0. The molecule has 0 saturated heterocycles. The predicted molar refractivity (Wildman–Crippen MR) is 69.0 cm³/mol. The molecule has 6 heteroatoms. The molecule has 1 unspecified atom stereocenters. The Kier molecular flexibility index (Phi) is 5.33. The van der Waals surface area contributed by atoms with Gasteiger partial charge < -0.3 is 9.84 Å². The number of hydrogen-bond donors (Lipinski definition) is 2. The minimum Gasteiger partial charge on any atom is -0.497 e. The van der Waals surface area contributed by atoms with Gasteiger partial charge in [0.15, 0.2) is 0 Å². The van der Waals surface area contributed by atoms with Gasteiger partial charge >= 0.3 is 0 Å². The Bertz CT molecular complexity index is 493. The van der Waals surface area contributed by atoms with Crippen LogP contribution in [-0.4, -0.2) is 33.3 Å². The summed E-state index contributed by atoms with van der Waals surface area (Å²) in [6, 6.07) is 6.03. The zero-order chi connectivity index (χ0) is 13.6. The van der Waals surface area contributed by atoms with E-state index in [0.717, 1.165) is 0 Å². The SMILES string of the molecule is C/C=C/C(O)CNS(=O)(=O)c1ccc(OC)cc1. The summed E-state index contributed by atoms with van der Waals surface area (Å²) in [5.74, 6) is 0.586. The van der Waals surface area contributed by atoms with Crippen molar-refractivity contribution in [2.45, 2.75) is 17.9 Å². The Labute approximate surface area is 107 Å². The second-order valence-electron chi connectivity index (χ2n) is 3.62. The number of aliphatic hydroxyl groups is 1. The van der Waals surface area contributed by atoms with Crippen molar-refractivity contribution in [3.63, 3.8) is 0 Å². The number of ether oxygens (including phenoxy) is 1. The van der Waals surface area contributed by atoms with Gasteiger partial charge in [-0.15, -0.1) is 0 Å². The summed E-state index contributed by atoms with van der Waals surface area (Å²) in [4.78, 5) is 0.135. The van der Waals surface area contributed by atoms with Crippen molar-refractivity contribution >= 4 is 10.0 Å². The van der Waals surface area contributed by atoms with E-state index in [2.05, 4.69) is 4.72 Å². The van der Waals surface area contributed by atoms with Gasteiger partial charge in [-0.1, -0.05) is 12.2 Å². The van der Waals surface area contributed by atoms with Crippen LogP contribution in [0.15, 0.2) is 41.3 Å². The molecular formula is C12H17NO4S. The van der Waals surface area contributed by atoms with Crippen LogP contribution in [0.5, 0.6) is 5.75 Å². The molecule has 0 heterocycles. The molecule has 1 aromatic rings. The molecule has 0 amide bonds. The lowest BCUT2D eigenvalue weighted by atomic mass is 10.3. The van der Waals surface area contributed by atoms with Gasteiger partial charge in [0, 0.05) is 6.54 Å². The van der Waals surface area contributed by atoms with Crippen LogP contribution in [0.2, 0.25) is 0 Å². The highest BCUT2D eigenvalue weighted by atomic mass is 32.2. The fourth-order valence-electron chi connectivity index (χ4n) is 1.32. The summed E-state index contributed by atoms with van der Waals surface area (Å²) in [5, 5.41) is 9.41. The van der Waals surface area contributed by atoms with Gasteiger partial charge in [0.2, 0.25) is 10.0 Å². The number of nitrogens with one attached hydrogen (secondary N) is 1. The molecule has 0 aromatic heterocycles. The molecule has 100 valence electrons. The summed E-state index contributed by atoms with van der Waals surface area (Å²) >= 11 is 0. The van der Waals surface area contributed by atoms with Gasteiger partial charge in [-0.05, 0) is 31.2 Å². The molecule has 1 atom stereocenters. The zero-order valence-corrected chi connectivity index (χ0v) is 11.1. The maximum absolute atomic E-state index is 11.9. The van der Waals surface area contributed by atoms with Crippen molar-refractivity contribution in [1.29, 1.82) is 0 Å². The van der Waals surface area contributed by atoms with Gasteiger partial charge in [-0.3, -0.25) is 0 Å². The number of aliphatic hydroxyl groups excluding tert-OH is 1. The molecular weight excluding hydrogens is 254 g/mol. The van der Waals surface area contributed by atoms with Gasteiger partial charge in [-0.25, -0.2) is 13.1 Å². The number of rotatable bonds is 6. The van der Waals surface area contributed by atoms with Crippen molar-refractivity contribution in [3.8, 4) is 5.75 Å². The van der Waals surface area contributed by atoms with E-state index < -0.39 is 16.1 Å². The Morgan fingerprint density at radius 1 is 1.39 bits per heavy atom. The standard InChI is InChI=1S/C12H17NO4S/c1-3-4-10(14)9-13-18(15,16)12-7-5-11(17-2)6-8-12/h3-8,10,13-14H,9H2,1-2H3/b4-3+. The lowest BCUT2D eigenvalue weighted by Crippen LogP contribution is -2.31. The number of benzene rings is 1. The fourth-order valence-corrected chi connectivity index (χ4v) is 2.37. The van der Waals surface area contributed by atoms with Crippen LogP contribution in [-0.2, 0) is 10.0 Å². The number of hydrogen-bond acceptors (Lipinski definition) is 4. The first-order chi connectivity index (χ1) is 8.49. The average Bonchev–Trinajstić information content (AvgIpc) is 2.37. The number of sulfonamides is 1. The van der Waals surface area contributed by atoms with E-state index >= 15 is 0 Å². The van der Waals surface area contributed by atoms with E-state index in [-0.39, 0.29) is 11.4 Å². The second kappa shape index (κ2) is 6.53. The van der Waals surface area contributed by atoms with Gasteiger partial charge in [-0.2, -0.15) is 0 Å². The molecule has 0 radical (unpaired) electrons. The van der Waals surface area contributed by atoms with Crippen molar-refractivity contribution in [2.75, 3.05) is 13.7 Å². The first-order valence-electron chi connectivity index (χ1n) is 5.44. The molecule has 0 aliphatic rings. The molecule has 0 bridgehead atoms. The molecule has 1 aromatic carbocycles. The van der Waals surface area contributed by atoms with Crippen molar-refractivity contribution < 1.29 is 18.3 Å². The lowest BCUT2D eigenvalue weighted by molar-refractivity contribution is 0.226. The number of methoxy groups -OCH3 is 1. The molecule has 5 nitrogen and oxygen atoms in total. The second-order valence-corrected chi connectivity index (χ2v) is 5.39. The summed E-state index contributed by atoms with van der Waals surface area (Å²) in [6.07, 6.45) is 2.34. The van der Waals surface area contributed by atoms with Crippen LogP contribution >= 0.6 is 0 Å². The normalized spacial score (nSPS) is 13.7. The van der Waals surface area contributed by atoms with E-state index in [4.69, 9.17) is 4.74 Å². The Balaban J connectivity index is 2.73. The smallest absolute Gasteiger partial charge is 0.240 e. The van der Waals surface area contributed by atoms with Crippen molar-refractivity contribution in [2.24, 2.45) is 0 Å². The minimum absolute atomic E-state index is 0.0568. The van der Waals surface area contributed by atoms with Gasteiger partial charge in [0.1, 0.15) is 5.75 Å². The molecule has 1 rings (SSSR count). The Morgan fingerprint density at radius 3 is 2.50 bits per heavy atom. The van der Waals surface area contributed by atoms with E-state index in [1.807, 2.05) is 0 Å². The van der Waals surface area contributed by atoms with E-state index in [1.165, 1.54) is 25.3 Å². The summed E-state index contributed by atoms with van der Waals surface area (Å²) in [6.45, 7) is 1.69. The van der Waals surface area contributed by atoms with Gasteiger partial charge in [0.05, 0.1) is 18.1 Å². The average molecular weight is 271 g/mol. The molecule has 0 aliphatic carbocycles. The van der Waals surface area contributed by atoms with Crippen molar-refractivity contribution in [3.05, 3.63) is 36.4 Å². The predicted octanol–water partition coefficient (Wildman–Crippen LogP) is 0.911. The summed E-state index contributed by atoms with van der Waals surface area (Å²) in [7, 11) is -2.09. The topological polar surface area (TPSA) is 75.6 Å². The maximum atomic E-state index is 11.9. The van der Waals surface area contributed by atoms with E-state index in [9.17, 15) is 13.5 Å². The fraction of sp³-hybridized carbons (Fsp3) is 0.333. The van der Waals surface area contributed by atoms with Crippen LogP contribution in [0.25, 0.3) is 0 Å². The molecule has 18 heavy (non-hydrogen) atoms. The van der Waals surface area contributed by atoms with Gasteiger partial charge in [0.25, 0.3) is 0 Å². The summed E-state index contributed by atoms with van der Waals surface area (Å²) in [5.41, 5.74) is 0. The first-order valence-corrected chi connectivity index (χ1v) is 6.92. The Morgan fingerprint density at radius 2 is 2.00 bits per heavy atom. The van der Waals surface area contributed by atoms with Crippen LogP contribution in [0.4, 0.5) is 0 Å². The quantitative estimate of drug-likeness (QED) is 0.754. The molecule has 0 saturated carbocycles. The van der Waals surface area contributed by atoms with Crippen LogP contribution in [0, 0.1) is 0 Å². The zero-order valence-electron chi connectivity index (χ0n) is 10.3. The Hall–Kier alpha value is -1.37. The first kappa shape index (κ1) is 14.7. The third kappa shape index (κ3) is 4.14. The van der Waals surface area contributed by atoms with E-state index in [1.54, 1.807) is 25.1 Å². The highest BCUT2D eigenvalue weighted by Gasteiger charge is 2.14. The molecule has 0 aliphatic heterocycles. The maximum Gasteiger partial charge on any atom is 0.240 e. The molecule has 0 fully saturated rings. The van der Waals surface area contributed by atoms with Crippen LogP contribution in [0.1, 0.15) is 6.92 Å². The van der Waals surface area contributed by atoms with E-state index in [0.29, 0.717) is 5.75 Å². The highest BCUT2D eigenvalue weighted by Crippen LogP contribution is 2.15. The monoisotopic (exact) mass is 271 g/mol.